The molecule has 0 fully saturated rings. The Labute approximate surface area is 129 Å². The monoisotopic (exact) mass is 320 g/mol. The van der Waals surface area contributed by atoms with Crippen molar-refractivity contribution in [3.8, 4) is 0 Å². The summed E-state index contributed by atoms with van der Waals surface area (Å²) >= 11 is 2.91. The molecule has 2 aromatic heterocycles. The van der Waals surface area contributed by atoms with E-state index < -0.39 is 0 Å². The largest absolute Gasteiger partial charge is 0.351 e. The Morgan fingerprint density at radius 3 is 3.00 bits per heavy atom. The zero-order valence-corrected chi connectivity index (χ0v) is 13.0. The highest BCUT2D eigenvalue weighted by atomic mass is 32.1. The fourth-order valence-corrected chi connectivity index (χ4v) is 3.69. The van der Waals surface area contributed by atoms with Crippen LogP contribution < -0.4 is 5.32 Å². The van der Waals surface area contributed by atoms with E-state index in [1.165, 1.54) is 17.4 Å². The highest BCUT2D eigenvalue weighted by molar-refractivity contribution is 7.20. The summed E-state index contributed by atoms with van der Waals surface area (Å²) in [5.41, 5.74) is 0.986. The van der Waals surface area contributed by atoms with Crippen molar-refractivity contribution >= 4 is 38.7 Å². The summed E-state index contributed by atoms with van der Waals surface area (Å²) in [6, 6.07) is 6.48. The van der Waals surface area contributed by atoms with Gasteiger partial charge in [-0.2, -0.15) is 0 Å². The van der Waals surface area contributed by atoms with Crippen LogP contribution in [0.15, 0.2) is 29.6 Å². The average Bonchev–Trinajstić information content (AvgIpc) is 3.06. The molecule has 0 spiro atoms. The van der Waals surface area contributed by atoms with E-state index in [-0.39, 0.29) is 11.7 Å². The van der Waals surface area contributed by atoms with Crippen molar-refractivity contribution < 1.29 is 9.18 Å². The number of carbonyl (C=O) groups excluding carboxylic acids is 1. The van der Waals surface area contributed by atoms with Crippen LogP contribution in [0.4, 0.5) is 4.39 Å². The van der Waals surface area contributed by atoms with Crippen molar-refractivity contribution in [2.75, 3.05) is 6.54 Å². The maximum Gasteiger partial charge on any atom is 0.261 e. The predicted molar refractivity (Wildman–Crippen MR) is 84.7 cm³/mol. The molecule has 2 heterocycles. The summed E-state index contributed by atoms with van der Waals surface area (Å²) in [6.07, 6.45) is 0.704. The van der Waals surface area contributed by atoms with E-state index in [1.54, 1.807) is 23.5 Å². The summed E-state index contributed by atoms with van der Waals surface area (Å²) in [6.45, 7) is 2.48. The number of amides is 1. The lowest BCUT2D eigenvalue weighted by Gasteiger charge is -2.01. The fraction of sp³-hybridized carbons (Fsp3) is 0.200. The lowest BCUT2D eigenvalue weighted by molar-refractivity contribution is 0.0958. The number of carbonyl (C=O) groups is 1. The van der Waals surface area contributed by atoms with Gasteiger partial charge in [0.25, 0.3) is 5.91 Å². The second-order valence-electron chi connectivity index (χ2n) is 4.63. The third kappa shape index (κ3) is 3.11. The van der Waals surface area contributed by atoms with Gasteiger partial charge in [0.2, 0.25) is 0 Å². The summed E-state index contributed by atoms with van der Waals surface area (Å²) in [4.78, 5) is 17.0. The molecular weight excluding hydrogens is 307 g/mol. The first-order valence-electron chi connectivity index (χ1n) is 6.51. The van der Waals surface area contributed by atoms with Gasteiger partial charge in [0.1, 0.15) is 5.82 Å². The SMILES string of the molecule is Cc1nc(CCNC(=O)c2cc3c(F)cccc3s2)cs1. The maximum absolute atomic E-state index is 13.6. The molecule has 0 saturated carbocycles. The predicted octanol–water partition coefficient (Wildman–Crippen LogP) is 3.78. The summed E-state index contributed by atoms with van der Waals surface area (Å²) in [5, 5.41) is 6.37. The van der Waals surface area contributed by atoms with Crippen LogP contribution in [-0.2, 0) is 6.42 Å². The summed E-state index contributed by atoms with van der Waals surface area (Å²) in [7, 11) is 0. The third-order valence-corrected chi connectivity index (χ3v) is 4.99. The van der Waals surface area contributed by atoms with Crippen LogP contribution in [0.2, 0.25) is 0 Å². The highest BCUT2D eigenvalue weighted by Gasteiger charge is 2.12. The van der Waals surface area contributed by atoms with E-state index >= 15 is 0 Å². The molecule has 0 aliphatic rings. The molecule has 3 rings (SSSR count). The molecule has 3 aromatic rings. The molecule has 0 saturated heterocycles. The van der Waals surface area contributed by atoms with Crippen molar-refractivity contribution in [3.05, 3.63) is 51.0 Å². The number of hydrogen-bond donors (Lipinski definition) is 1. The lowest BCUT2D eigenvalue weighted by atomic mass is 10.2. The number of fused-ring (bicyclic) bond motifs is 1. The Morgan fingerprint density at radius 2 is 2.29 bits per heavy atom. The number of benzene rings is 1. The van der Waals surface area contributed by atoms with E-state index in [4.69, 9.17) is 0 Å². The third-order valence-electron chi connectivity index (χ3n) is 3.07. The van der Waals surface area contributed by atoms with Gasteiger partial charge in [-0.1, -0.05) is 6.07 Å². The minimum absolute atomic E-state index is 0.164. The van der Waals surface area contributed by atoms with E-state index in [1.807, 2.05) is 18.4 Å². The first-order chi connectivity index (χ1) is 10.1. The number of aromatic nitrogens is 1. The molecule has 0 atom stereocenters. The molecule has 0 unspecified atom stereocenters. The molecule has 0 aliphatic heterocycles. The van der Waals surface area contributed by atoms with Gasteiger partial charge in [-0.15, -0.1) is 22.7 Å². The lowest BCUT2D eigenvalue weighted by Crippen LogP contribution is -2.24. The Morgan fingerprint density at radius 1 is 1.43 bits per heavy atom. The molecule has 108 valence electrons. The molecule has 0 bridgehead atoms. The van der Waals surface area contributed by atoms with Crippen LogP contribution in [0.1, 0.15) is 20.4 Å². The minimum Gasteiger partial charge on any atom is -0.351 e. The Kier molecular flexibility index (Phi) is 3.98. The van der Waals surface area contributed by atoms with Crippen LogP contribution in [0.25, 0.3) is 10.1 Å². The Bertz CT molecular complexity index is 794. The number of hydrogen-bond acceptors (Lipinski definition) is 4. The van der Waals surface area contributed by atoms with E-state index in [9.17, 15) is 9.18 Å². The van der Waals surface area contributed by atoms with Crippen molar-refractivity contribution in [3.63, 3.8) is 0 Å². The molecule has 1 amide bonds. The molecule has 6 heteroatoms. The van der Waals surface area contributed by atoms with Gasteiger partial charge < -0.3 is 5.32 Å². The molecule has 3 nitrogen and oxygen atoms in total. The maximum atomic E-state index is 13.6. The van der Waals surface area contributed by atoms with Gasteiger partial charge in [-0.25, -0.2) is 9.37 Å². The Balaban J connectivity index is 1.65. The first-order valence-corrected chi connectivity index (χ1v) is 8.20. The summed E-state index contributed by atoms with van der Waals surface area (Å²) < 4.78 is 14.4. The van der Waals surface area contributed by atoms with Gasteiger partial charge >= 0.3 is 0 Å². The minimum atomic E-state index is -0.291. The molecule has 0 aliphatic carbocycles. The van der Waals surface area contributed by atoms with Gasteiger partial charge in [0.15, 0.2) is 0 Å². The molecule has 1 N–H and O–H groups in total. The number of aryl methyl sites for hydroxylation is 1. The zero-order chi connectivity index (χ0) is 14.8. The van der Waals surface area contributed by atoms with Gasteiger partial charge in [-0.05, 0) is 25.1 Å². The highest BCUT2D eigenvalue weighted by Crippen LogP contribution is 2.27. The van der Waals surface area contributed by atoms with E-state index in [0.717, 1.165) is 15.4 Å². The number of nitrogens with zero attached hydrogens (tertiary/aromatic N) is 1. The van der Waals surface area contributed by atoms with Crippen LogP contribution in [0.5, 0.6) is 0 Å². The standard InChI is InChI=1S/C15H13FN2OS2/c1-9-18-10(8-20-9)5-6-17-15(19)14-7-11-12(16)3-2-4-13(11)21-14/h2-4,7-8H,5-6H2,1H3,(H,17,19). The number of rotatable bonds is 4. The second-order valence-corrected chi connectivity index (χ2v) is 6.77. The number of halogens is 1. The normalized spacial score (nSPS) is 11.0. The van der Waals surface area contributed by atoms with E-state index in [0.29, 0.717) is 23.2 Å². The number of nitrogens with one attached hydrogen (secondary N) is 1. The molecule has 21 heavy (non-hydrogen) atoms. The van der Waals surface area contributed by atoms with Crippen LogP contribution in [0.3, 0.4) is 0 Å². The zero-order valence-electron chi connectivity index (χ0n) is 11.4. The van der Waals surface area contributed by atoms with E-state index in [2.05, 4.69) is 10.3 Å². The molecular formula is C15H13FN2OS2. The molecule has 1 aromatic carbocycles. The van der Waals surface area contributed by atoms with Crippen LogP contribution in [-0.4, -0.2) is 17.4 Å². The smallest absolute Gasteiger partial charge is 0.261 e. The van der Waals surface area contributed by atoms with Gasteiger partial charge in [0, 0.05) is 28.4 Å². The first kappa shape index (κ1) is 14.2. The second kappa shape index (κ2) is 5.91. The average molecular weight is 320 g/mol. The quantitative estimate of drug-likeness (QED) is 0.795. The Hall–Kier alpha value is -1.79. The van der Waals surface area contributed by atoms with Gasteiger partial charge in [0.05, 0.1) is 15.6 Å². The fourth-order valence-electron chi connectivity index (χ4n) is 2.05. The van der Waals surface area contributed by atoms with Gasteiger partial charge in [-0.3, -0.25) is 4.79 Å². The summed E-state index contributed by atoms with van der Waals surface area (Å²) in [5.74, 6) is -0.455. The van der Waals surface area contributed by atoms with Crippen molar-refractivity contribution in [2.24, 2.45) is 0 Å². The van der Waals surface area contributed by atoms with Crippen molar-refractivity contribution in [1.82, 2.24) is 10.3 Å². The van der Waals surface area contributed by atoms with Crippen LogP contribution in [0, 0.1) is 12.7 Å². The number of thiophene rings is 1. The van der Waals surface area contributed by atoms with Crippen molar-refractivity contribution in [2.45, 2.75) is 13.3 Å². The number of thiazole rings is 1. The topological polar surface area (TPSA) is 42.0 Å². The molecule has 0 radical (unpaired) electrons. The van der Waals surface area contributed by atoms with Crippen LogP contribution >= 0.6 is 22.7 Å². The van der Waals surface area contributed by atoms with Crippen molar-refractivity contribution in [1.29, 1.82) is 0 Å².